The topological polar surface area (TPSA) is 26.3 Å². The van der Waals surface area contributed by atoms with Gasteiger partial charge in [-0.25, -0.2) is 4.39 Å². The number of esters is 1. The van der Waals surface area contributed by atoms with Crippen LogP contribution in [0.2, 0.25) is 0 Å². The van der Waals surface area contributed by atoms with Crippen LogP contribution in [0.5, 0.6) is 0 Å². The first-order valence-corrected chi connectivity index (χ1v) is 9.57. The van der Waals surface area contributed by atoms with Crippen LogP contribution >= 0.6 is 15.9 Å². The van der Waals surface area contributed by atoms with Crippen molar-refractivity contribution in [3.05, 3.63) is 106 Å². The minimum atomic E-state index is -1.76. The van der Waals surface area contributed by atoms with Crippen LogP contribution in [0.3, 0.4) is 0 Å². The molecule has 1 aliphatic rings. The molecule has 1 aliphatic carbocycles. The monoisotopic (exact) mass is 424 g/mol. The SMILES string of the molecule is O=C(OCc1ccc(Br)cc1)[C@]1(c2ccccc2)C[C@@]1(F)c1ccccc1. The van der Waals surface area contributed by atoms with Gasteiger partial charge in [0, 0.05) is 10.9 Å². The molecule has 1 saturated carbocycles. The number of ether oxygens (including phenoxy) is 1. The van der Waals surface area contributed by atoms with E-state index in [1.165, 1.54) is 0 Å². The third-order valence-electron chi connectivity index (χ3n) is 5.19. The van der Waals surface area contributed by atoms with Gasteiger partial charge in [-0.15, -0.1) is 0 Å². The van der Waals surface area contributed by atoms with Crippen LogP contribution in [-0.2, 0) is 27.2 Å². The highest BCUT2D eigenvalue weighted by Crippen LogP contribution is 2.67. The molecule has 0 saturated heterocycles. The first-order chi connectivity index (χ1) is 13.1. The molecule has 2 atom stereocenters. The highest BCUT2D eigenvalue weighted by Gasteiger charge is 2.76. The van der Waals surface area contributed by atoms with Crippen LogP contribution in [0, 0.1) is 0 Å². The van der Waals surface area contributed by atoms with Gasteiger partial charge in [-0.05, 0) is 28.8 Å². The number of halogens is 2. The predicted molar refractivity (Wildman–Crippen MR) is 106 cm³/mol. The Morgan fingerprint density at radius 2 is 1.44 bits per heavy atom. The van der Waals surface area contributed by atoms with Crippen molar-refractivity contribution in [1.29, 1.82) is 0 Å². The maximum atomic E-state index is 16.0. The standard InChI is InChI=1S/C23H18BrFO2/c24-20-13-11-17(12-14-20)15-27-21(26)22(18-7-3-1-4-8-18)16-23(22,25)19-9-5-2-6-10-19/h1-14H,15-16H2/t22-,23-/m1/s1. The van der Waals surface area contributed by atoms with Crippen molar-refractivity contribution in [1.82, 2.24) is 0 Å². The molecule has 4 heteroatoms. The molecule has 2 nitrogen and oxygen atoms in total. The Bertz CT molecular complexity index is 943. The summed E-state index contributed by atoms with van der Waals surface area (Å²) in [4.78, 5) is 13.1. The van der Waals surface area contributed by atoms with Crippen molar-refractivity contribution in [3.8, 4) is 0 Å². The van der Waals surface area contributed by atoms with E-state index in [-0.39, 0.29) is 13.0 Å². The molecule has 0 amide bonds. The van der Waals surface area contributed by atoms with E-state index < -0.39 is 17.1 Å². The average molecular weight is 425 g/mol. The largest absolute Gasteiger partial charge is 0.460 e. The van der Waals surface area contributed by atoms with Crippen molar-refractivity contribution in [3.63, 3.8) is 0 Å². The van der Waals surface area contributed by atoms with Crippen LogP contribution in [0.25, 0.3) is 0 Å². The van der Waals surface area contributed by atoms with E-state index in [9.17, 15) is 4.79 Å². The van der Waals surface area contributed by atoms with Gasteiger partial charge in [0.2, 0.25) is 0 Å². The van der Waals surface area contributed by atoms with E-state index in [1.54, 1.807) is 36.4 Å². The van der Waals surface area contributed by atoms with Crippen LogP contribution in [0.4, 0.5) is 4.39 Å². The van der Waals surface area contributed by atoms with E-state index >= 15 is 4.39 Å². The third kappa shape index (κ3) is 3.08. The molecule has 4 rings (SSSR count). The molecule has 0 radical (unpaired) electrons. The van der Waals surface area contributed by atoms with Crippen LogP contribution in [-0.4, -0.2) is 5.97 Å². The van der Waals surface area contributed by atoms with Gasteiger partial charge in [0.05, 0.1) is 0 Å². The fourth-order valence-corrected chi connectivity index (χ4v) is 3.89. The Balaban J connectivity index is 1.64. The Morgan fingerprint density at radius 3 is 2.04 bits per heavy atom. The lowest BCUT2D eigenvalue weighted by atomic mass is 9.89. The fourth-order valence-electron chi connectivity index (χ4n) is 3.63. The number of hydrogen-bond acceptors (Lipinski definition) is 2. The minimum Gasteiger partial charge on any atom is -0.460 e. The minimum absolute atomic E-state index is 0.0905. The molecule has 136 valence electrons. The summed E-state index contributed by atoms with van der Waals surface area (Å²) in [7, 11) is 0. The lowest BCUT2D eigenvalue weighted by molar-refractivity contribution is -0.149. The number of benzene rings is 3. The van der Waals surface area contributed by atoms with Crippen molar-refractivity contribution in [2.24, 2.45) is 0 Å². The maximum absolute atomic E-state index is 16.0. The number of alkyl halides is 1. The lowest BCUT2D eigenvalue weighted by Crippen LogP contribution is -2.30. The summed E-state index contributed by atoms with van der Waals surface area (Å²) in [6.07, 6.45) is 0.0905. The third-order valence-corrected chi connectivity index (χ3v) is 5.72. The van der Waals surface area contributed by atoms with Crippen LogP contribution in [0.15, 0.2) is 89.4 Å². The number of carbonyl (C=O) groups excluding carboxylic acids is 1. The number of carbonyl (C=O) groups is 1. The number of hydrogen-bond donors (Lipinski definition) is 0. The van der Waals surface area contributed by atoms with Crippen LogP contribution < -0.4 is 0 Å². The smallest absolute Gasteiger partial charge is 0.320 e. The summed E-state index contributed by atoms with van der Waals surface area (Å²) in [6, 6.07) is 25.5. The second-order valence-electron chi connectivity index (χ2n) is 6.82. The zero-order valence-corrected chi connectivity index (χ0v) is 16.2. The van der Waals surface area contributed by atoms with Crippen molar-refractivity contribution >= 4 is 21.9 Å². The fraction of sp³-hybridized carbons (Fsp3) is 0.174. The zero-order chi connectivity index (χ0) is 18.9. The highest BCUT2D eigenvalue weighted by molar-refractivity contribution is 9.10. The molecule has 3 aromatic carbocycles. The Labute approximate surface area is 166 Å². The van der Waals surface area contributed by atoms with Crippen molar-refractivity contribution in [2.75, 3.05) is 0 Å². The van der Waals surface area contributed by atoms with Gasteiger partial charge in [-0.3, -0.25) is 4.79 Å². The average Bonchev–Trinajstić information content (AvgIpc) is 3.37. The number of rotatable bonds is 5. The van der Waals surface area contributed by atoms with Gasteiger partial charge in [-0.2, -0.15) is 0 Å². The zero-order valence-electron chi connectivity index (χ0n) is 14.6. The summed E-state index contributed by atoms with van der Waals surface area (Å²) in [5.41, 5.74) is -1.04. The summed E-state index contributed by atoms with van der Waals surface area (Å²) >= 11 is 3.38. The molecule has 0 aromatic heterocycles. The van der Waals surface area contributed by atoms with Gasteiger partial charge in [0.15, 0.2) is 5.67 Å². The van der Waals surface area contributed by atoms with Gasteiger partial charge in [0.1, 0.15) is 12.0 Å². The Hall–Kier alpha value is -2.46. The molecule has 0 heterocycles. The second-order valence-corrected chi connectivity index (χ2v) is 7.73. The summed E-state index contributed by atoms with van der Waals surface area (Å²) in [5, 5.41) is 0. The highest BCUT2D eigenvalue weighted by atomic mass is 79.9. The normalized spacial score (nSPS) is 23.6. The molecular weight excluding hydrogens is 407 g/mol. The van der Waals surface area contributed by atoms with E-state index in [4.69, 9.17) is 4.74 Å². The van der Waals surface area contributed by atoms with E-state index in [2.05, 4.69) is 15.9 Å². The predicted octanol–water partition coefficient (Wildman–Crippen LogP) is 5.70. The molecule has 0 spiro atoms. The van der Waals surface area contributed by atoms with Gasteiger partial charge in [0.25, 0.3) is 0 Å². The molecular formula is C23H18BrFO2. The van der Waals surface area contributed by atoms with Gasteiger partial charge in [-0.1, -0.05) is 88.7 Å². The summed E-state index contributed by atoms with van der Waals surface area (Å²) < 4.78 is 22.5. The van der Waals surface area contributed by atoms with E-state index in [1.807, 2.05) is 48.5 Å². The molecule has 27 heavy (non-hydrogen) atoms. The first-order valence-electron chi connectivity index (χ1n) is 8.78. The van der Waals surface area contributed by atoms with Crippen LogP contribution in [0.1, 0.15) is 23.1 Å². The Kier molecular flexibility index (Phi) is 4.60. The van der Waals surface area contributed by atoms with Gasteiger partial charge >= 0.3 is 5.97 Å². The second kappa shape index (κ2) is 6.93. The van der Waals surface area contributed by atoms with Crippen molar-refractivity contribution < 1.29 is 13.9 Å². The van der Waals surface area contributed by atoms with E-state index in [0.29, 0.717) is 11.1 Å². The van der Waals surface area contributed by atoms with E-state index in [0.717, 1.165) is 10.0 Å². The molecule has 3 aromatic rings. The maximum Gasteiger partial charge on any atom is 0.320 e. The quantitative estimate of drug-likeness (QED) is 0.491. The molecule has 0 aliphatic heterocycles. The molecule has 0 bridgehead atoms. The van der Waals surface area contributed by atoms with Crippen molar-refractivity contribution in [2.45, 2.75) is 24.1 Å². The first kappa shape index (κ1) is 17.9. The summed E-state index contributed by atoms with van der Waals surface area (Å²) in [6.45, 7) is 0.117. The molecule has 0 unspecified atom stereocenters. The molecule has 0 N–H and O–H groups in total. The molecule has 1 fully saturated rings. The lowest BCUT2D eigenvalue weighted by Gasteiger charge is -2.20. The van der Waals surface area contributed by atoms with Gasteiger partial charge < -0.3 is 4.74 Å². The Morgan fingerprint density at radius 1 is 0.889 bits per heavy atom. The summed E-state index contributed by atoms with van der Waals surface area (Å²) in [5.74, 6) is -0.525.